The fraction of sp³-hybridized carbons (Fsp3) is 0.571. The molecule has 0 spiro atoms. The zero-order valence-electron chi connectivity index (χ0n) is 9.95. The van der Waals surface area contributed by atoms with Gasteiger partial charge in [-0.3, -0.25) is 0 Å². The summed E-state index contributed by atoms with van der Waals surface area (Å²) in [5.74, 6) is 0.825. The van der Waals surface area contributed by atoms with Crippen LogP contribution in [-0.4, -0.2) is 25.7 Å². The van der Waals surface area contributed by atoms with Crippen LogP contribution in [-0.2, 0) is 6.42 Å². The molecule has 86 valence electrons. The molecule has 2 heteroatoms. The van der Waals surface area contributed by atoms with Crippen LogP contribution < -0.4 is 10.2 Å². The predicted octanol–water partition coefficient (Wildman–Crippen LogP) is 2.05. The van der Waals surface area contributed by atoms with Gasteiger partial charge in [0.1, 0.15) is 0 Å². The number of anilines is 1. The predicted molar refractivity (Wildman–Crippen MR) is 67.9 cm³/mol. The highest BCUT2D eigenvalue weighted by Gasteiger charge is 2.29. The summed E-state index contributed by atoms with van der Waals surface area (Å²) in [7, 11) is 0. The third kappa shape index (κ3) is 1.61. The highest BCUT2D eigenvalue weighted by Crippen LogP contribution is 2.32. The van der Waals surface area contributed by atoms with Crippen LogP contribution in [0.1, 0.15) is 18.9 Å². The van der Waals surface area contributed by atoms with Crippen molar-refractivity contribution in [2.24, 2.45) is 5.92 Å². The Kier molecular flexibility index (Phi) is 2.60. The average molecular weight is 216 g/mol. The second kappa shape index (κ2) is 4.10. The number of para-hydroxylation sites is 1. The Balaban J connectivity index is 1.81. The van der Waals surface area contributed by atoms with E-state index in [0.29, 0.717) is 6.04 Å². The van der Waals surface area contributed by atoms with Crippen molar-refractivity contribution in [3.05, 3.63) is 29.8 Å². The maximum atomic E-state index is 3.47. The van der Waals surface area contributed by atoms with Crippen molar-refractivity contribution in [2.45, 2.75) is 25.8 Å². The Labute approximate surface area is 97.6 Å². The number of nitrogens with zero attached hydrogens (tertiary/aromatic N) is 1. The third-order valence-electron chi connectivity index (χ3n) is 4.20. The van der Waals surface area contributed by atoms with E-state index in [4.69, 9.17) is 0 Å². The summed E-state index contributed by atoms with van der Waals surface area (Å²) in [5.41, 5.74) is 3.00. The number of fused-ring (bicyclic) bond motifs is 1. The first kappa shape index (κ1) is 10.2. The quantitative estimate of drug-likeness (QED) is 0.814. The minimum Gasteiger partial charge on any atom is -0.368 e. The van der Waals surface area contributed by atoms with Gasteiger partial charge in [-0.25, -0.2) is 0 Å². The summed E-state index contributed by atoms with van der Waals surface area (Å²) >= 11 is 0. The summed E-state index contributed by atoms with van der Waals surface area (Å²) in [4.78, 5) is 2.60. The zero-order chi connectivity index (χ0) is 11.0. The number of hydrogen-bond acceptors (Lipinski definition) is 2. The van der Waals surface area contributed by atoms with Gasteiger partial charge < -0.3 is 10.2 Å². The summed E-state index contributed by atoms with van der Waals surface area (Å²) in [5, 5.41) is 3.47. The van der Waals surface area contributed by atoms with Crippen molar-refractivity contribution in [3.63, 3.8) is 0 Å². The van der Waals surface area contributed by atoms with Crippen LogP contribution in [0.2, 0.25) is 0 Å². The van der Waals surface area contributed by atoms with Crippen molar-refractivity contribution < 1.29 is 0 Å². The van der Waals surface area contributed by atoms with Crippen LogP contribution in [0.25, 0.3) is 0 Å². The molecule has 3 rings (SSSR count). The SMILES string of the molecule is CC(C1CCNC1)N1CCc2ccccc21. The molecule has 0 amide bonds. The van der Waals surface area contributed by atoms with E-state index in [1.807, 2.05) is 0 Å². The number of hydrogen-bond donors (Lipinski definition) is 1. The first-order chi connectivity index (χ1) is 7.86. The molecule has 2 aliphatic heterocycles. The van der Waals surface area contributed by atoms with Gasteiger partial charge in [0, 0.05) is 18.3 Å². The van der Waals surface area contributed by atoms with E-state index in [1.165, 1.54) is 43.7 Å². The molecule has 0 aliphatic carbocycles. The van der Waals surface area contributed by atoms with Gasteiger partial charge in [0.2, 0.25) is 0 Å². The number of rotatable bonds is 2. The van der Waals surface area contributed by atoms with Crippen LogP contribution >= 0.6 is 0 Å². The number of nitrogens with one attached hydrogen (secondary N) is 1. The van der Waals surface area contributed by atoms with Gasteiger partial charge in [0.05, 0.1) is 0 Å². The van der Waals surface area contributed by atoms with E-state index in [1.54, 1.807) is 0 Å². The van der Waals surface area contributed by atoms with E-state index in [2.05, 4.69) is 41.4 Å². The Morgan fingerprint density at radius 3 is 3.06 bits per heavy atom. The molecule has 2 nitrogen and oxygen atoms in total. The standard InChI is InChI=1S/C14H20N2/c1-11(13-6-8-15-10-13)16-9-7-12-4-2-3-5-14(12)16/h2-5,11,13,15H,6-10H2,1H3. The summed E-state index contributed by atoms with van der Waals surface area (Å²) in [6.45, 7) is 5.99. The van der Waals surface area contributed by atoms with Crippen LogP contribution in [0.4, 0.5) is 5.69 Å². The van der Waals surface area contributed by atoms with E-state index < -0.39 is 0 Å². The first-order valence-electron chi connectivity index (χ1n) is 6.41. The lowest BCUT2D eigenvalue weighted by molar-refractivity contribution is 0.455. The molecule has 1 aromatic rings. The Bertz CT molecular complexity index is 369. The lowest BCUT2D eigenvalue weighted by Gasteiger charge is -2.31. The van der Waals surface area contributed by atoms with Crippen molar-refractivity contribution in [3.8, 4) is 0 Å². The van der Waals surface area contributed by atoms with Crippen molar-refractivity contribution in [2.75, 3.05) is 24.5 Å². The first-order valence-corrected chi connectivity index (χ1v) is 6.41. The van der Waals surface area contributed by atoms with Crippen molar-refractivity contribution in [1.82, 2.24) is 5.32 Å². The van der Waals surface area contributed by atoms with Crippen LogP contribution in [0.15, 0.2) is 24.3 Å². The Hall–Kier alpha value is -1.02. The van der Waals surface area contributed by atoms with Crippen LogP contribution in [0.5, 0.6) is 0 Å². The highest BCUT2D eigenvalue weighted by molar-refractivity contribution is 5.58. The normalized spacial score (nSPS) is 25.8. The summed E-state index contributed by atoms with van der Waals surface area (Å²) in [6.07, 6.45) is 2.56. The van der Waals surface area contributed by atoms with Crippen molar-refractivity contribution in [1.29, 1.82) is 0 Å². The monoisotopic (exact) mass is 216 g/mol. The molecular weight excluding hydrogens is 196 g/mol. The highest BCUT2D eigenvalue weighted by atomic mass is 15.2. The lowest BCUT2D eigenvalue weighted by atomic mass is 9.99. The van der Waals surface area contributed by atoms with Gasteiger partial charge in [0.15, 0.2) is 0 Å². The van der Waals surface area contributed by atoms with Crippen LogP contribution in [0, 0.1) is 5.92 Å². The molecule has 2 aliphatic rings. The van der Waals surface area contributed by atoms with Crippen molar-refractivity contribution >= 4 is 5.69 Å². The molecule has 0 aromatic heterocycles. The fourth-order valence-corrected chi connectivity index (χ4v) is 3.13. The lowest BCUT2D eigenvalue weighted by Crippen LogP contribution is -2.38. The molecule has 16 heavy (non-hydrogen) atoms. The molecular formula is C14H20N2. The maximum Gasteiger partial charge on any atom is 0.0402 e. The molecule has 2 heterocycles. The molecule has 1 fully saturated rings. The molecule has 0 radical (unpaired) electrons. The molecule has 0 saturated carbocycles. The fourth-order valence-electron chi connectivity index (χ4n) is 3.13. The van der Waals surface area contributed by atoms with Gasteiger partial charge in [-0.05, 0) is 50.4 Å². The maximum absolute atomic E-state index is 3.47. The molecule has 2 atom stereocenters. The minimum atomic E-state index is 0.679. The van der Waals surface area contributed by atoms with Crippen LogP contribution in [0.3, 0.4) is 0 Å². The van der Waals surface area contributed by atoms with Gasteiger partial charge in [-0.1, -0.05) is 18.2 Å². The summed E-state index contributed by atoms with van der Waals surface area (Å²) < 4.78 is 0. The topological polar surface area (TPSA) is 15.3 Å². The third-order valence-corrected chi connectivity index (χ3v) is 4.20. The number of benzene rings is 1. The van der Waals surface area contributed by atoms with E-state index in [9.17, 15) is 0 Å². The zero-order valence-corrected chi connectivity index (χ0v) is 9.95. The molecule has 0 bridgehead atoms. The molecule has 2 unspecified atom stereocenters. The van der Waals surface area contributed by atoms with Gasteiger partial charge >= 0.3 is 0 Å². The van der Waals surface area contributed by atoms with E-state index in [0.717, 1.165) is 5.92 Å². The van der Waals surface area contributed by atoms with Gasteiger partial charge in [0.25, 0.3) is 0 Å². The average Bonchev–Trinajstić information content (AvgIpc) is 2.98. The second-order valence-electron chi connectivity index (χ2n) is 5.07. The Morgan fingerprint density at radius 1 is 1.38 bits per heavy atom. The second-order valence-corrected chi connectivity index (χ2v) is 5.07. The minimum absolute atomic E-state index is 0.679. The molecule has 1 saturated heterocycles. The van der Waals surface area contributed by atoms with Gasteiger partial charge in [-0.2, -0.15) is 0 Å². The largest absolute Gasteiger partial charge is 0.368 e. The molecule has 1 N–H and O–H groups in total. The van der Waals surface area contributed by atoms with Gasteiger partial charge in [-0.15, -0.1) is 0 Å². The van der Waals surface area contributed by atoms with E-state index >= 15 is 0 Å². The smallest absolute Gasteiger partial charge is 0.0402 e. The molecule has 1 aromatic carbocycles. The van der Waals surface area contributed by atoms with E-state index in [-0.39, 0.29) is 0 Å². The Morgan fingerprint density at radius 2 is 2.25 bits per heavy atom. The summed E-state index contributed by atoms with van der Waals surface area (Å²) in [6, 6.07) is 9.55.